The van der Waals surface area contributed by atoms with Crippen LogP contribution in [0.2, 0.25) is 0 Å². The van der Waals surface area contributed by atoms with Crippen LogP contribution in [0.4, 0.5) is 0 Å². The molecular formula is C15H22BrNO3. The van der Waals surface area contributed by atoms with Gasteiger partial charge in [-0.25, -0.2) is 0 Å². The minimum atomic E-state index is -0.363. The van der Waals surface area contributed by atoms with Gasteiger partial charge in [-0.3, -0.25) is 4.79 Å². The summed E-state index contributed by atoms with van der Waals surface area (Å²) in [7, 11) is 0. The molecular weight excluding hydrogens is 322 g/mol. The molecule has 0 spiro atoms. The number of halogens is 1. The van der Waals surface area contributed by atoms with E-state index in [1.165, 1.54) is 0 Å². The molecule has 20 heavy (non-hydrogen) atoms. The number of benzene rings is 1. The summed E-state index contributed by atoms with van der Waals surface area (Å²) >= 11 is 3.37. The Morgan fingerprint density at radius 3 is 2.70 bits per heavy atom. The molecule has 0 saturated carbocycles. The third-order valence-corrected chi connectivity index (χ3v) is 3.20. The number of rotatable bonds is 7. The lowest BCUT2D eigenvalue weighted by molar-refractivity contribution is 0.0941. The molecule has 0 bridgehead atoms. The average Bonchev–Trinajstić information content (AvgIpc) is 2.36. The lowest BCUT2D eigenvalue weighted by Crippen LogP contribution is -2.27. The maximum Gasteiger partial charge on any atom is 0.251 e. The summed E-state index contributed by atoms with van der Waals surface area (Å²) in [5, 5.41) is 12.2. The molecule has 1 atom stereocenters. The Kier molecular flexibility index (Phi) is 7.02. The Morgan fingerprint density at radius 2 is 2.10 bits per heavy atom. The first kappa shape index (κ1) is 17.0. The molecule has 0 aliphatic heterocycles. The first-order valence-corrected chi connectivity index (χ1v) is 7.65. The fourth-order valence-corrected chi connectivity index (χ4v) is 2.16. The van der Waals surface area contributed by atoms with E-state index in [-0.39, 0.29) is 18.1 Å². The van der Waals surface area contributed by atoms with Crippen LogP contribution in [0, 0.1) is 0 Å². The van der Waals surface area contributed by atoms with Crippen molar-refractivity contribution in [1.29, 1.82) is 0 Å². The second-order valence-electron chi connectivity index (χ2n) is 4.95. The van der Waals surface area contributed by atoms with E-state index in [4.69, 9.17) is 4.74 Å². The van der Waals surface area contributed by atoms with Gasteiger partial charge in [-0.15, -0.1) is 0 Å². The summed E-state index contributed by atoms with van der Waals surface area (Å²) in [4.78, 5) is 12.0. The summed E-state index contributed by atoms with van der Waals surface area (Å²) in [5.74, 6) is 0.497. The van der Waals surface area contributed by atoms with E-state index in [9.17, 15) is 9.90 Å². The maximum atomic E-state index is 12.0. The highest BCUT2D eigenvalue weighted by Gasteiger charge is 2.10. The van der Waals surface area contributed by atoms with Crippen molar-refractivity contribution in [3.63, 3.8) is 0 Å². The van der Waals surface area contributed by atoms with E-state index in [2.05, 4.69) is 21.2 Å². The van der Waals surface area contributed by atoms with Crippen molar-refractivity contribution in [2.75, 3.05) is 6.54 Å². The third-order valence-electron chi connectivity index (χ3n) is 2.74. The number of amides is 1. The minimum Gasteiger partial charge on any atom is -0.491 e. The van der Waals surface area contributed by atoms with Crippen LogP contribution < -0.4 is 10.1 Å². The van der Waals surface area contributed by atoms with Crippen molar-refractivity contribution >= 4 is 21.8 Å². The summed E-state index contributed by atoms with van der Waals surface area (Å²) in [6.45, 7) is 6.25. The molecule has 4 nitrogen and oxygen atoms in total. The predicted octanol–water partition coefficient (Wildman–Crippen LogP) is 3.13. The van der Waals surface area contributed by atoms with Crippen molar-refractivity contribution in [2.45, 2.75) is 45.8 Å². The highest BCUT2D eigenvalue weighted by atomic mass is 79.9. The Bertz CT molecular complexity index is 449. The molecule has 1 amide bonds. The normalized spacial score (nSPS) is 12.3. The molecule has 1 unspecified atom stereocenters. The van der Waals surface area contributed by atoms with E-state index in [0.717, 1.165) is 4.47 Å². The van der Waals surface area contributed by atoms with Gasteiger partial charge in [-0.05, 0) is 44.9 Å². The van der Waals surface area contributed by atoms with Crippen LogP contribution in [0.3, 0.4) is 0 Å². The van der Waals surface area contributed by atoms with Crippen LogP contribution in [-0.4, -0.2) is 29.8 Å². The smallest absolute Gasteiger partial charge is 0.251 e. The first-order chi connectivity index (χ1) is 9.42. The summed E-state index contributed by atoms with van der Waals surface area (Å²) in [5.41, 5.74) is 0.543. The summed E-state index contributed by atoms with van der Waals surface area (Å²) < 4.78 is 6.40. The standard InChI is InChI=1S/C15H22BrNO3/c1-4-13(18)5-6-17-15(19)11-7-12(16)9-14(8-11)20-10(2)3/h7-10,13,18H,4-6H2,1-3H3,(H,17,19). The number of ether oxygens (including phenoxy) is 1. The summed E-state index contributed by atoms with van der Waals surface area (Å²) in [6, 6.07) is 5.30. The maximum absolute atomic E-state index is 12.0. The molecule has 1 rings (SSSR count). The van der Waals surface area contributed by atoms with Gasteiger partial charge < -0.3 is 15.2 Å². The minimum absolute atomic E-state index is 0.0555. The number of hydrogen-bond acceptors (Lipinski definition) is 3. The molecule has 0 heterocycles. The van der Waals surface area contributed by atoms with Gasteiger partial charge in [0.25, 0.3) is 5.91 Å². The molecule has 0 saturated heterocycles. The Labute approximate surface area is 128 Å². The van der Waals surface area contributed by atoms with Crippen molar-refractivity contribution in [3.8, 4) is 5.75 Å². The monoisotopic (exact) mass is 343 g/mol. The SMILES string of the molecule is CCC(O)CCNC(=O)c1cc(Br)cc(OC(C)C)c1. The highest BCUT2D eigenvalue weighted by molar-refractivity contribution is 9.10. The number of carbonyl (C=O) groups is 1. The molecule has 1 aromatic rings. The fourth-order valence-electron chi connectivity index (χ4n) is 1.69. The van der Waals surface area contributed by atoms with Crippen LogP contribution in [0.5, 0.6) is 5.75 Å². The number of hydrogen-bond donors (Lipinski definition) is 2. The number of carbonyl (C=O) groups excluding carboxylic acids is 1. The second kappa shape index (κ2) is 8.27. The molecule has 2 N–H and O–H groups in total. The van der Waals surface area contributed by atoms with Gasteiger partial charge >= 0.3 is 0 Å². The zero-order chi connectivity index (χ0) is 15.1. The summed E-state index contributed by atoms with van der Waals surface area (Å²) in [6.07, 6.45) is 0.947. The van der Waals surface area contributed by atoms with Crippen LogP contribution in [0.25, 0.3) is 0 Å². The van der Waals surface area contributed by atoms with E-state index in [1.54, 1.807) is 12.1 Å². The van der Waals surface area contributed by atoms with E-state index < -0.39 is 0 Å². The van der Waals surface area contributed by atoms with Gasteiger partial charge in [0, 0.05) is 16.6 Å². The lowest BCUT2D eigenvalue weighted by atomic mass is 10.2. The zero-order valence-electron chi connectivity index (χ0n) is 12.1. The number of nitrogens with one attached hydrogen (secondary N) is 1. The molecule has 1 aromatic carbocycles. The topological polar surface area (TPSA) is 58.6 Å². The van der Waals surface area contributed by atoms with Gasteiger partial charge in [-0.1, -0.05) is 22.9 Å². The van der Waals surface area contributed by atoms with Crippen molar-refractivity contribution in [3.05, 3.63) is 28.2 Å². The van der Waals surface area contributed by atoms with Gasteiger partial charge in [0.2, 0.25) is 0 Å². The Morgan fingerprint density at radius 1 is 1.40 bits per heavy atom. The van der Waals surface area contributed by atoms with Gasteiger partial charge in [-0.2, -0.15) is 0 Å². The fraction of sp³-hybridized carbons (Fsp3) is 0.533. The van der Waals surface area contributed by atoms with Gasteiger partial charge in [0.15, 0.2) is 0 Å². The molecule has 0 aliphatic rings. The quantitative estimate of drug-likeness (QED) is 0.799. The number of aliphatic hydroxyl groups excluding tert-OH is 1. The molecule has 0 radical (unpaired) electrons. The van der Waals surface area contributed by atoms with Gasteiger partial charge in [0.05, 0.1) is 12.2 Å². The Hall–Kier alpha value is -1.07. The van der Waals surface area contributed by atoms with Crippen molar-refractivity contribution in [1.82, 2.24) is 5.32 Å². The highest BCUT2D eigenvalue weighted by Crippen LogP contribution is 2.22. The number of aliphatic hydroxyl groups is 1. The van der Waals surface area contributed by atoms with Crippen LogP contribution >= 0.6 is 15.9 Å². The third kappa shape index (κ3) is 5.92. The first-order valence-electron chi connectivity index (χ1n) is 6.86. The molecule has 0 aromatic heterocycles. The van der Waals surface area contributed by atoms with Crippen LogP contribution in [0.15, 0.2) is 22.7 Å². The predicted molar refractivity (Wildman–Crippen MR) is 83.2 cm³/mol. The molecule has 5 heteroatoms. The largest absolute Gasteiger partial charge is 0.491 e. The molecule has 0 fully saturated rings. The second-order valence-corrected chi connectivity index (χ2v) is 5.86. The zero-order valence-corrected chi connectivity index (χ0v) is 13.7. The Balaban J connectivity index is 2.65. The van der Waals surface area contributed by atoms with Crippen LogP contribution in [0.1, 0.15) is 44.0 Å². The van der Waals surface area contributed by atoms with Gasteiger partial charge in [0.1, 0.15) is 5.75 Å². The van der Waals surface area contributed by atoms with Crippen molar-refractivity contribution in [2.24, 2.45) is 0 Å². The van der Waals surface area contributed by atoms with Crippen LogP contribution in [-0.2, 0) is 0 Å². The van der Waals surface area contributed by atoms with E-state index in [0.29, 0.717) is 30.7 Å². The molecule has 112 valence electrons. The van der Waals surface area contributed by atoms with Crippen molar-refractivity contribution < 1.29 is 14.6 Å². The average molecular weight is 344 g/mol. The van der Waals surface area contributed by atoms with E-state index >= 15 is 0 Å². The van der Waals surface area contributed by atoms with E-state index in [1.807, 2.05) is 26.8 Å². The molecule has 0 aliphatic carbocycles. The lowest BCUT2D eigenvalue weighted by Gasteiger charge is -2.12.